The van der Waals surface area contributed by atoms with Crippen molar-refractivity contribution in [2.75, 3.05) is 6.54 Å². The van der Waals surface area contributed by atoms with Gasteiger partial charge in [-0.05, 0) is 63.8 Å². The van der Waals surface area contributed by atoms with Crippen molar-refractivity contribution in [3.63, 3.8) is 0 Å². The fraction of sp³-hybridized carbons (Fsp3) is 0.556. The van der Waals surface area contributed by atoms with Gasteiger partial charge >= 0.3 is 6.09 Å². The molecule has 2 aliphatic heterocycles. The van der Waals surface area contributed by atoms with Crippen LogP contribution in [0.4, 0.5) is 4.79 Å². The van der Waals surface area contributed by atoms with E-state index >= 15 is 0 Å². The second-order valence-corrected chi connectivity index (χ2v) is 15.2. The zero-order valence-electron chi connectivity index (χ0n) is 27.7. The van der Waals surface area contributed by atoms with Gasteiger partial charge in [0.2, 0.25) is 0 Å². The molecular formula is C36H43ClN4O4. The van der Waals surface area contributed by atoms with Gasteiger partial charge < -0.3 is 19.3 Å². The molecule has 1 saturated carbocycles. The third kappa shape index (κ3) is 5.86. The lowest BCUT2D eigenvalue weighted by Crippen LogP contribution is -2.74. The average molecular weight is 631 g/mol. The third-order valence-electron chi connectivity index (χ3n) is 9.64. The Bertz CT molecular complexity index is 1610. The van der Waals surface area contributed by atoms with Gasteiger partial charge in [0.05, 0.1) is 28.4 Å². The highest BCUT2D eigenvalue weighted by molar-refractivity contribution is 6.31. The lowest BCUT2D eigenvalue weighted by atomic mass is 9.49. The number of likely N-dealkylation sites (tertiary alicyclic amines) is 1. The Labute approximate surface area is 272 Å². The first kappa shape index (κ1) is 32.6. The van der Waals surface area contributed by atoms with E-state index in [1.54, 1.807) is 23.1 Å². The largest absolute Gasteiger partial charge is 0.489 e. The van der Waals surface area contributed by atoms with Crippen LogP contribution in [0.15, 0.2) is 30.3 Å². The maximum absolute atomic E-state index is 13.7. The molecule has 8 nitrogen and oxygen atoms in total. The normalized spacial score (nSPS) is 26.3. The van der Waals surface area contributed by atoms with E-state index in [2.05, 4.69) is 52.5 Å². The molecule has 1 saturated heterocycles. The van der Waals surface area contributed by atoms with E-state index in [1.807, 2.05) is 44.7 Å². The van der Waals surface area contributed by atoms with Crippen molar-refractivity contribution in [2.24, 2.45) is 22.7 Å². The number of rotatable bonds is 4. The maximum atomic E-state index is 13.7. The summed E-state index contributed by atoms with van der Waals surface area (Å²) < 4.78 is 12.1. The molecule has 3 atom stereocenters. The molecule has 0 spiro atoms. The summed E-state index contributed by atoms with van der Waals surface area (Å²) in [6.07, 6.45) is 0.409. The number of nitrogens with zero attached hydrogens (tertiary/aromatic N) is 4. The van der Waals surface area contributed by atoms with Crippen molar-refractivity contribution in [1.82, 2.24) is 14.8 Å². The molecule has 1 aliphatic carbocycles. The number of pyridine rings is 1. The number of aromatic nitrogens is 1. The highest BCUT2D eigenvalue weighted by atomic mass is 35.5. The molecule has 0 bridgehead atoms. The van der Waals surface area contributed by atoms with E-state index in [0.717, 1.165) is 12.1 Å². The SMILES string of the molecule is CCC1CN(C(=O)OC(C)(C)C)C(C)[C@H]1C#Cc1ccc2c(n1)CN(C1C(C)(C)C(Oc3ccc(C#N)c(Cl)c3)C1(C)C)C2=O. The summed E-state index contributed by atoms with van der Waals surface area (Å²) in [5.41, 5.74) is 1.06. The summed E-state index contributed by atoms with van der Waals surface area (Å²) in [4.78, 5) is 35.1. The van der Waals surface area contributed by atoms with Crippen LogP contribution in [0.2, 0.25) is 5.02 Å². The third-order valence-corrected chi connectivity index (χ3v) is 9.96. The summed E-state index contributed by atoms with van der Waals surface area (Å²) in [6.45, 7) is 19.3. The van der Waals surface area contributed by atoms with Crippen LogP contribution >= 0.6 is 11.6 Å². The zero-order valence-corrected chi connectivity index (χ0v) is 28.5. The lowest BCUT2D eigenvalue weighted by molar-refractivity contribution is -0.199. The molecule has 1 aromatic heterocycles. The Morgan fingerprint density at radius 3 is 2.44 bits per heavy atom. The first-order valence-corrected chi connectivity index (χ1v) is 16.1. The molecule has 3 heterocycles. The van der Waals surface area contributed by atoms with Crippen LogP contribution in [-0.4, -0.2) is 57.1 Å². The summed E-state index contributed by atoms with van der Waals surface area (Å²) in [5, 5.41) is 9.57. The molecule has 45 heavy (non-hydrogen) atoms. The van der Waals surface area contributed by atoms with Gasteiger partial charge in [0.15, 0.2) is 0 Å². The second-order valence-electron chi connectivity index (χ2n) is 14.8. The van der Waals surface area contributed by atoms with Crippen molar-refractivity contribution < 1.29 is 19.1 Å². The number of halogens is 1. The van der Waals surface area contributed by atoms with Crippen molar-refractivity contribution >= 4 is 23.6 Å². The standard InChI is InChI=1S/C36H43ClN4O4/c1-10-22-19-40(33(43)45-34(3,4)5)21(2)26(22)15-12-24-13-16-27-29(39-24)20-41(30(27)42)31-35(6,7)32(36(31,8)9)44-25-14-11-23(18-38)28(37)17-25/h11,13-14,16-17,21-22,26,31-32H,10,19-20H2,1-9H3/t21?,22?,26-,31?,32?/m1/s1. The van der Waals surface area contributed by atoms with Gasteiger partial charge in [0.1, 0.15) is 29.2 Å². The minimum absolute atomic E-state index is 0.00445. The van der Waals surface area contributed by atoms with E-state index in [1.165, 1.54) is 0 Å². The number of benzene rings is 1. The van der Waals surface area contributed by atoms with Gasteiger partial charge in [-0.25, -0.2) is 9.78 Å². The smallest absolute Gasteiger partial charge is 0.410 e. The highest BCUT2D eigenvalue weighted by Gasteiger charge is 2.67. The molecule has 1 aromatic carbocycles. The minimum Gasteiger partial charge on any atom is -0.489 e. The summed E-state index contributed by atoms with van der Waals surface area (Å²) >= 11 is 6.26. The fourth-order valence-corrected chi connectivity index (χ4v) is 8.17. The van der Waals surface area contributed by atoms with Gasteiger partial charge in [-0.3, -0.25) is 4.79 Å². The maximum Gasteiger partial charge on any atom is 0.410 e. The molecule has 2 aromatic rings. The Balaban J connectivity index is 1.31. The van der Waals surface area contributed by atoms with Crippen LogP contribution in [0.1, 0.15) is 96.0 Å². The number of carbonyl (C=O) groups is 2. The van der Waals surface area contributed by atoms with E-state index in [-0.39, 0.29) is 52.9 Å². The van der Waals surface area contributed by atoms with Gasteiger partial charge in [0.25, 0.3) is 5.91 Å². The second kappa shape index (κ2) is 11.6. The van der Waals surface area contributed by atoms with Crippen LogP contribution in [0.3, 0.4) is 0 Å². The fourth-order valence-electron chi connectivity index (χ4n) is 7.95. The van der Waals surface area contributed by atoms with Crippen LogP contribution < -0.4 is 4.74 Å². The number of hydrogen-bond acceptors (Lipinski definition) is 6. The number of amides is 2. The molecule has 3 aliphatic rings. The minimum atomic E-state index is -0.556. The molecule has 2 unspecified atom stereocenters. The van der Waals surface area contributed by atoms with E-state index in [9.17, 15) is 14.9 Å². The first-order valence-electron chi connectivity index (χ1n) is 15.7. The van der Waals surface area contributed by atoms with Crippen LogP contribution in [0.25, 0.3) is 0 Å². The van der Waals surface area contributed by atoms with Crippen molar-refractivity contribution in [1.29, 1.82) is 5.26 Å². The van der Waals surface area contributed by atoms with Gasteiger partial charge in [-0.2, -0.15) is 5.26 Å². The number of carbonyl (C=O) groups excluding carboxylic acids is 2. The topological polar surface area (TPSA) is 95.8 Å². The summed E-state index contributed by atoms with van der Waals surface area (Å²) in [7, 11) is 0. The number of ether oxygens (including phenoxy) is 2. The average Bonchev–Trinajstić information content (AvgIpc) is 3.44. The Kier molecular flexibility index (Phi) is 8.38. The Morgan fingerprint density at radius 2 is 1.84 bits per heavy atom. The number of fused-ring (bicyclic) bond motifs is 1. The lowest BCUT2D eigenvalue weighted by Gasteiger charge is -2.65. The molecule has 0 radical (unpaired) electrons. The van der Waals surface area contributed by atoms with E-state index < -0.39 is 5.60 Å². The highest BCUT2D eigenvalue weighted by Crippen LogP contribution is 2.59. The molecular weight excluding hydrogens is 588 g/mol. The van der Waals surface area contributed by atoms with Gasteiger partial charge in [-0.15, -0.1) is 0 Å². The first-order chi connectivity index (χ1) is 21.0. The van der Waals surface area contributed by atoms with Crippen molar-refractivity contribution in [3.05, 3.63) is 57.9 Å². The van der Waals surface area contributed by atoms with Crippen molar-refractivity contribution in [3.8, 4) is 23.7 Å². The zero-order chi connectivity index (χ0) is 33.1. The number of nitriles is 1. The van der Waals surface area contributed by atoms with E-state index in [4.69, 9.17) is 26.1 Å². The van der Waals surface area contributed by atoms with Gasteiger partial charge in [0, 0.05) is 41.4 Å². The van der Waals surface area contributed by atoms with Crippen LogP contribution in [-0.2, 0) is 11.3 Å². The van der Waals surface area contributed by atoms with E-state index in [0.29, 0.717) is 40.7 Å². The Morgan fingerprint density at radius 1 is 1.16 bits per heavy atom. The monoisotopic (exact) mass is 630 g/mol. The number of hydrogen-bond donors (Lipinski definition) is 0. The molecule has 9 heteroatoms. The quantitative estimate of drug-likeness (QED) is 0.335. The Hall–Kier alpha value is -3.75. The molecule has 2 fully saturated rings. The molecule has 2 amide bonds. The van der Waals surface area contributed by atoms with Crippen LogP contribution in [0, 0.1) is 45.8 Å². The summed E-state index contributed by atoms with van der Waals surface area (Å²) in [5.74, 6) is 7.48. The molecule has 0 N–H and O–H groups in total. The predicted octanol–water partition coefficient (Wildman–Crippen LogP) is 7.08. The van der Waals surface area contributed by atoms with Gasteiger partial charge in [-0.1, -0.05) is 58.6 Å². The predicted molar refractivity (Wildman–Crippen MR) is 173 cm³/mol. The van der Waals surface area contributed by atoms with Crippen molar-refractivity contribution in [2.45, 2.75) is 99.1 Å². The molecule has 5 rings (SSSR count). The van der Waals surface area contributed by atoms with Crippen LogP contribution in [0.5, 0.6) is 5.75 Å². The molecule has 238 valence electrons. The summed E-state index contributed by atoms with van der Waals surface area (Å²) in [6, 6.07) is 10.6.